The molecule has 1 saturated heterocycles. The first-order valence-corrected chi connectivity index (χ1v) is 5.85. The molecule has 19 heavy (non-hydrogen) atoms. The number of aliphatic carboxylic acids is 1. The Labute approximate surface area is 110 Å². The van der Waals surface area contributed by atoms with Crippen LogP contribution in [0.4, 0.5) is 5.69 Å². The van der Waals surface area contributed by atoms with Crippen LogP contribution in [0.15, 0.2) is 18.2 Å². The number of carbonyl (C=O) groups excluding carboxylic acids is 1. The summed E-state index contributed by atoms with van der Waals surface area (Å²) in [4.78, 5) is 24.3. The number of benzene rings is 1. The fraction of sp³-hybridized carbons (Fsp3) is 0.385. The van der Waals surface area contributed by atoms with Crippen molar-refractivity contribution < 1.29 is 24.2 Å². The third-order valence-corrected chi connectivity index (χ3v) is 3.14. The molecule has 1 aromatic carbocycles. The normalized spacial score (nSPS) is 18.5. The maximum Gasteiger partial charge on any atom is 0.326 e. The lowest BCUT2D eigenvalue weighted by molar-refractivity contribution is -0.138. The van der Waals surface area contributed by atoms with Gasteiger partial charge in [0.15, 0.2) is 11.5 Å². The van der Waals surface area contributed by atoms with Gasteiger partial charge in [0.1, 0.15) is 6.04 Å². The van der Waals surface area contributed by atoms with Crippen molar-refractivity contribution in [3.05, 3.63) is 18.2 Å². The molecule has 102 valence electrons. The molecule has 1 amide bonds. The number of methoxy groups -OCH3 is 2. The minimum absolute atomic E-state index is 0.195. The third kappa shape index (κ3) is 2.33. The van der Waals surface area contributed by atoms with E-state index >= 15 is 0 Å². The quantitative estimate of drug-likeness (QED) is 0.887. The van der Waals surface area contributed by atoms with Gasteiger partial charge < -0.3 is 14.6 Å². The summed E-state index contributed by atoms with van der Waals surface area (Å²) in [6.45, 7) is 0. The Bertz CT molecular complexity index is 514. The van der Waals surface area contributed by atoms with Gasteiger partial charge in [-0.05, 0) is 18.6 Å². The van der Waals surface area contributed by atoms with Crippen LogP contribution in [0, 0.1) is 0 Å². The molecule has 1 aromatic rings. The average molecular weight is 265 g/mol. The van der Waals surface area contributed by atoms with Gasteiger partial charge in [0.25, 0.3) is 0 Å². The molecule has 6 nitrogen and oxygen atoms in total. The highest BCUT2D eigenvalue weighted by Crippen LogP contribution is 2.34. The molecular formula is C13H15NO5. The number of hydrogen-bond acceptors (Lipinski definition) is 4. The predicted octanol–water partition coefficient (Wildman–Crippen LogP) is 1.28. The van der Waals surface area contributed by atoms with E-state index in [0.717, 1.165) is 0 Å². The summed E-state index contributed by atoms with van der Waals surface area (Å²) >= 11 is 0. The van der Waals surface area contributed by atoms with Gasteiger partial charge >= 0.3 is 5.97 Å². The van der Waals surface area contributed by atoms with Crippen molar-refractivity contribution in [2.75, 3.05) is 19.1 Å². The van der Waals surface area contributed by atoms with Crippen molar-refractivity contribution >= 4 is 17.6 Å². The van der Waals surface area contributed by atoms with E-state index in [1.807, 2.05) is 0 Å². The minimum atomic E-state index is -0.999. The molecule has 0 bridgehead atoms. The number of anilines is 1. The van der Waals surface area contributed by atoms with Crippen molar-refractivity contribution in [3.63, 3.8) is 0 Å². The summed E-state index contributed by atoms with van der Waals surface area (Å²) in [5.74, 6) is -0.200. The highest BCUT2D eigenvalue weighted by molar-refractivity contribution is 6.02. The van der Waals surface area contributed by atoms with Gasteiger partial charge in [-0.1, -0.05) is 0 Å². The minimum Gasteiger partial charge on any atom is -0.493 e. The summed E-state index contributed by atoms with van der Waals surface area (Å²) in [6, 6.07) is 4.10. The van der Waals surface area contributed by atoms with Crippen LogP contribution in [0.25, 0.3) is 0 Å². The highest BCUT2D eigenvalue weighted by atomic mass is 16.5. The molecule has 1 aliphatic heterocycles. The van der Waals surface area contributed by atoms with Crippen LogP contribution in [0.3, 0.4) is 0 Å². The van der Waals surface area contributed by atoms with Crippen molar-refractivity contribution in [3.8, 4) is 11.5 Å². The Morgan fingerprint density at radius 2 is 2.00 bits per heavy atom. The van der Waals surface area contributed by atoms with Crippen molar-refractivity contribution in [2.45, 2.75) is 18.9 Å². The second-order valence-electron chi connectivity index (χ2n) is 4.20. The number of carboxylic acids is 1. The Balaban J connectivity index is 2.40. The van der Waals surface area contributed by atoms with Gasteiger partial charge in [-0.25, -0.2) is 4.79 Å². The number of ether oxygens (including phenoxy) is 2. The third-order valence-electron chi connectivity index (χ3n) is 3.14. The lowest BCUT2D eigenvalue weighted by Gasteiger charge is -2.22. The van der Waals surface area contributed by atoms with Crippen LogP contribution in [0.2, 0.25) is 0 Å². The van der Waals surface area contributed by atoms with Gasteiger partial charge in [0.2, 0.25) is 5.91 Å². The first-order chi connectivity index (χ1) is 9.08. The monoisotopic (exact) mass is 265 g/mol. The largest absolute Gasteiger partial charge is 0.493 e. The molecule has 1 unspecified atom stereocenters. The molecule has 0 radical (unpaired) electrons. The van der Waals surface area contributed by atoms with E-state index in [-0.39, 0.29) is 12.3 Å². The zero-order valence-electron chi connectivity index (χ0n) is 10.8. The summed E-state index contributed by atoms with van der Waals surface area (Å²) in [5.41, 5.74) is 0.507. The molecule has 0 aromatic heterocycles. The second kappa shape index (κ2) is 5.17. The summed E-state index contributed by atoms with van der Waals surface area (Å²) in [5, 5.41) is 9.14. The molecule has 1 N–H and O–H groups in total. The molecule has 6 heteroatoms. The van der Waals surface area contributed by atoms with Crippen LogP contribution >= 0.6 is 0 Å². The number of carbonyl (C=O) groups is 2. The van der Waals surface area contributed by atoms with Crippen molar-refractivity contribution in [2.24, 2.45) is 0 Å². The predicted molar refractivity (Wildman–Crippen MR) is 67.7 cm³/mol. The highest BCUT2D eigenvalue weighted by Gasteiger charge is 2.37. The smallest absolute Gasteiger partial charge is 0.326 e. The first-order valence-electron chi connectivity index (χ1n) is 5.85. The van der Waals surface area contributed by atoms with E-state index < -0.39 is 12.0 Å². The number of rotatable bonds is 4. The fourth-order valence-electron chi connectivity index (χ4n) is 2.22. The molecule has 0 aliphatic carbocycles. The van der Waals surface area contributed by atoms with E-state index in [0.29, 0.717) is 23.6 Å². The van der Waals surface area contributed by atoms with Crippen LogP contribution in [0.1, 0.15) is 12.8 Å². The van der Waals surface area contributed by atoms with Crippen molar-refractivity contribution in [1.29, 1.82) is 0 Å². The summed E-state index contributed by atoms with van der Waals surface area (Å²) < 4.78 is 10.3. The van der Waals surface area contributed by atoms with E-state index in [9.17, 15) is 9.59 Å². The van der Waals surface area contributed by atoms with Gasteiger partial charge in [-0.15, -0.1) is 0 Å². The fourth-order valence-corrected chi connectivity index (χ4v) is 2.22. The van der Waals surface area contributed by atoms with E-state index in [1.165, 1.54) is 19.1 Å². The standard InChI is InChI=1S/C13H15NO5/c1-18-10-5-3-8(7-11(10)19-2)14-9(13(16)17)4-6-12(14)15/h3,5,7,9H,4,6H2,1-2H3,(H,16,17). The van der Waals surface area contributed by atoms with Crippen LogP contribution < -0.4 is 14.4 Å². The molecule has 0 saturated carbocycles. The maximum absolute atomic E-state index is 11.8. The molecule has 1 atom stereocenters. The Morgan fingerprint density at radius 1 is 1.32 bits per heavy atom. The SMILES string of the molecule is COc1ccc(N2C(=O)CCC2C(=O)O)cc1OC. The van der Waals surface area contributed by atoms with Gasteiger partial charge in [0.05, 0.1) is 14.2 Å². The van der Waals surface area contributed by atoms with Gasteiger partial charge in [-0.2, -0.15) is 0 Å². The zero-order chi connectivity index (χ0) is 14.0. The Morgan fingerprint density at radius 3 is 2.58 bits per heavy atom. The maximum atomic E-state index is 11.8. The Kier molecular flexibility index (Phi) is 3.59. The lowest BCUT2D eigenvalue weighted by atomic mass is 10.2. The summed E-state index contributed by atoms with van der Waals surface area (Å²) in [6.07, 6.45) is 0.563. The van der Waals surface area contributed by atoms with E-state index in [4.69, 9.17) is 14.6 Å². The molecular weight excluding hydrogens is 250 g/mol. The number of hydrogen-bond donors (Lipinski definition) is 1. The van der Waals surface area contributed by atoms with Gasteiger partial charge in [-0.3, -0.25) is 9.69 Å². The molecule has 1 aliphatic rings. The number of amides is 1. The molecule has 0 spiro atoms. The average Bonchev–Trinajstić information content (AvgIpc) is 2.80. The van der Waals surface area contributed by atoms with Crippen LogP contribution in [-0.4, -0.2) is 37.2 Å². The second-order valence-corrected chi connectivity index (χ2v) is 4.20. The van der Waals surface area contributed by atoms with E-state index in [2.05, 4.69) is 0 Å². The zero-order valence-corrected chi connectivity index (χ0v) is 10.8. The van der Waals surface area contributed by atoms with Gasteiger partial charge in [0, 0.05) is 18.2 Å². The number of nitrogens with zero attached hydrogens (tertiary/aromatic N) is 1. The summed E-state index contributed by atoms with van der Waals surface area (Å²) in [7, 11) is 3.00. The van der Waals surface area contributed by atoms with Crippen molar-refractivity contribution in [1.82, 2.24) is 0 Å². The van der Waals surface area contributed by atoms with Crippen LogP contribution in [-0.2, 0) is 9.59 Å². The van der Waals surface area contributed by atoms with E-state index in [1.54, 1.807) is 18.2 Å². The topological polar surface area (TPSA) is 76.1 Å². The Hall–Kier alpha value is -2.24. The molecule has 1 heterocycles. The molecule has 2 rings (SSSR count). The number of carboxylic acid groups (broad SMARTS) is 1. The lowest BCUT2D eigenvalue weighted by Crippen LogP contribution is -2.38. The first kappa shape index (κ1) is 13.2. The molecule has 1 fully saturated rings. The van der Waals surface area contributed by atoms with Crippen LogP contribution in [0.5, 0.6) is 11.5 Å².